The minimum Gasteiger partial charge on any atom is -0.210 e. The summed E-state index contributed by atoms with van der Waals surface area (Å²) >= 11 is 3.27. The molecule has 0 atom stereocenters. The predicted molar refractivity (Wildman–Crippen MR) is 97.7 cm³/mol. The molecular weight excluding hydrogens is 362 g/mol. The quantitative estimate of drug-likeness (QED) is 0.684. The van der Waals surface area contributed by atoms with Crippen LogP contribution < -0.4 is 4.72 Å². The number of halogens is 1. The minimum absolute atomic E-state index is 0.159. The molecule has 0 amide bonds. The molecule has 0 spiro atoms. The lowest BCUT2D eigenvalue weighted by molar-refractivity contribution is 0.578. The van der Waals surface area contributed by atoms with Crippen LogP contribution in [0.25, 0.3) is 0 Å². The van der Waals surface area contributed by atoms with Crippen molar-refractivity contribution in [2.45, 2.75) is 64.2 Å². The lowest BCUT2D eigenvalue weighted by Crippen LogP contribution is -2.28. The number of nitrogens with one attached hydrogen (secondary N) is 1. The van der Waals surface area contributed by atoms with Crippen molar-refractivity contribution in [3.05, 3.63) is 28.8 Å². The highest BCUT2D eigenvalue weighted by Crippen LogP contribution is 2.34. The highest BCUT2D eigenvalue weighted by molar-refractivity contribution is 9.09. The average molecular weight is 390 g/mol. The molecule has 0 aliphatic heterocycles. The molecule has 1 aromatic carbocycles. The molecule has 1 N–H and O–H groups in total. The van der Waals surface area contributed by atoms with Crippen LogP contribution in [-0.2, 0) is 10.0 Å². The molecule has 0 aliphatic carbocycles. The van der Waals surface area contributed by atoms with Gasteiger partial charge in [0.1, 0.15) is 0 Å². The zero-order valence-electron chi connectivity index (χ0n) is 14.4. The van der Waals surface area contributed by atoms with Gasteiger partial charge in [-0.1, -0.05) is 69.6 Å². The largest absolute Gasteiger partial charge is 0.241 e. The molecule has 22 heavy (non-hydrogen) atoms. The number of hydrogen-bond acceptors (Lipinski definition) is 2. The van der Waals surface area contributed by atoms with E-state index in [1.165, 1.54) is 5.56 Å². The maximum Gasteiger partial charge on any atom is 0.241 e. The van der Waals surface area contributed by atoms with Crippen molar-refractivity contribution in [3.8, 4) is 0 Å². The van der Waals surface area contributed by atoms with Crippen LogP contribution in [0.3, 0.4) is 0 Å². The van der Waals surface area contributed by atoms with Gasteiger partial charge in [-0.2, -0.15) is 0 Å². The Hall–Kier alpha value is -0.390. The normalized spacial score (nSPS) is 12.6. The molecule has 0 fully saturated rings. The molecule has 0 saturated heterocycles. The Kier molecular flexibility index (Phi) is 7.09. The molecule has 0 unspecified atom stereocenters. The standard InChI is InChI=1S/C17H28BrNO2S/c1-11(2)14-9-15(12(3)4)17(16(10-14)13(5)6)22(20,21)19-8-7-18/h9-13,19H,7-8H2,1-6H3. The molecule has 0 radical (unpaired) electrons. The first kappa shape index (κ1) is 19.7. The highest BCUT2D eigenvalue weighted by atomic mass is 79.9. The van der Waals surface area contributed by atoms with Crippen LogP contribution in [0.15, 0.2) is 17.0 Å². The van der Waals surface area contributed by atoms with Gasteiger partial charge < -0.3 is 0 Å². The molecule has 0 saturated carbocycles. The number of benzene rings is 1. The first-order valence-corrected chi connectivity index (χ1v) is 10.5. The van der Waals surface area contributed by atoms with Crippen molar-refractivity contribution in [1.29, 1.82) is 0 Å². The SMILES string of the molecule is CC(C)c1cc(C(C)C)c(S(=O)(=O)NCCBr)c(C(C)C)c1. The summed E-state index contributed by atoms with van der Waals surface area (Å²) in [5.41, 5.74) is 3.03. The van der Waals surface area contributed by atoms with Crippen molar-refractivity contribution in [2.24, 2.45) is 0 Å². The van der Waals surface area contributed by atoms with Crippen LogP contribution in [0.4, 0.5) is 0 Å². The fraction of sp³-hybridized carbons (Fsp3) is 0.647. The Morgan fingerprint density at radius 3 is 1.73 bits per heavy atom. The van der Waals surface area contributed by atoms with E-state index in [1.807, 2.05) is 27.7 Å². The smallest absolute Gasteiger partial charge is 0.210 e. The topological polar surface area (TPSA) is 46.2 Å². The first-order valence-electron chi connectivity index (χ1n) is 7.85. The lowest BCUT2D eigenvalue weighted by Gasteiger charge is -2.22. The van der Waals surface area contributed by atoms with Gasteiger partial charge in [0.25, 0.3) is 0 Å². The van der Waals surface area contributed by atoms with Crippen LogP contribution in [0.2, 0.25) is 0 Å². The van der Waals surface area contributed by atoms with Gasteiger partial charge in [-0.25, -0.2) is 13.1 Å². The fourth-order valence-corrected chi connectivity index (χ4v) is 4.63. The van der Waals surface area contributed by atoms with Crippen LogP contribution in [0.5, 0.6) is 0 Å². The third kappa shape index (κ3) is 4.56. The molecule has 126 valence electrons. The van der Waals surface area contributed by atoms with Crippen molar-refractivity contribution < 1.29 is 8.42 Å². The number of hydrogen-bond donors (Lipinski definition) is 1. The van der Waals surface area contributed by atoms with Crippen molar-refractivity contribution in [3.63, 3.8) is 0 Å². The molecule has 3 nitrogen and oxygen atoms in total. The van der Waals surface area contributed by atoms with Crippen molar-refractivity contribution in [1.82, 2.24) is 4.72 Å². The number of sulfonamides is 1. The van der Waals surface area contributed by atoms with Gasteiger partial charge in [-0.15, -0.1) is 0 Å². The third-order valence-corrected chi connectivity index (χ3v) is 5.72. The van der Waals surface area contributed by atoms with Crippen LogP contribution in [0, 0.1) is 0 Å². The first-order chi connectivity index (χ1) is 10.1. The van der Waals surface area contributed by atoms with Gasteiger partial charge in [0.2, 0.25) is 10.0 Å². The Bertz CT molecular complexity index is 578. The molecule has 0 bridgehead atoms. The molecule has 5 heteroatoms. The zero-order chi connectivity index (χ0) is 17.1. The second kappa shape index (κ2) is 7.93. The highest BCUT2D eigenvalue weighted by Gasteiger charge is 2.26. The molecule has 0 aromatic heterocycles. The van der Waals surface area contributed by atoms with Gasteiger partial charge in [0, 0.05) is 11.9 Å². The number of rotatable bonds is 7. The van der Waals surface area contributed by atoms with E-state index in [2.05, 4.69) is 46.6 Å². The van der Waals surface area contributed by atoms with Crippen LogP contribution in [-0.4, -0.2) is 20.3 Å². The lowest BCUT2D eigenvalue weighted by atomic mass is 9.89. The summed E-state index contributed by atoms with van der Waals surface area (Å²) in [4.78, 5) is 0.475. The van der Waals surface area contributed by atoms with Crippen LogP contribution in [0.1, 0.15) is 76.0 Å². The van der Waals surface area contributed by atoms with E-state index in [1.54, 1.807) is 0 Å². The van der Waals surface area contributed by atoms with Gasteiger partial charge in [0.15, 0.2) is 0 Å². The van der Waals surface area contributed by atoms with E-state index in [0.717, 1.165) is 11.1 Å². The summed E-state index contributed by atoms with van der Waals surface area (Å²) in [6.07, 6.45) is 0. The maximum absolute atomic E-state index is 12.8. The second-order valence-electron chi connectivity index (χ2n) is 6.58. The van der Waals surface area contributed by atoms with E-state index in [0.29, 0.717) is 22.7 Å². The molecule has 0 aliphatic rings. The summed E-state index contributed by atoms with van der Waals surface area (Å²) in [5.74, 6) is 0.695. The summed E-state index contributed by atoms with van der Waals surface area (Å²) in [6, 6.07) is 4.12. The zero-order valence-corrected chi connectivity index (χ0v) is 16.8. The maximum atomic E-state index is 12.8. The Morgan fingerprint density at radius 2 is 1.41 bits per heavy atom. The predicted octanol–water partition coefficient (Wildman–Crippen LogP) is 4.73. The Morgan fingerprint density at radius 1 is 0.955 bits per heavy atom. The Labute approximate surface area is 144 Å². The van der Waals surface area contributed by atoms with E-state index < -0.39 is 10.0 Å². The molecule has 0 heterocycles. The third-order valence-electron chi connectivity index (χ3n) is 3.73. The van der Waals surface area contributed by atoms with E-state index in [4.69, 9.17) is 0 Å². The Balaban J connectivity index is 3.65. The van der Waals surface area contributed by atoms with E-state index >= 15 is 0 Å². The van der Waals surface area contributed by atoms with Gasteiger partial charge in [0.05, 0.1) is 4.90 Å². The van der Waals surface area contributed by atoms with Gasteiger partial charge in [-0.3, -0.25) is 0 Å². The average Bonchev–Trinajstić information content (AvgIpc) is 2.43. The molecular formula is C17H28BrNO2S. The summed E-state index contributed by atoms with van der Waals surface area (Å²) in [7, 11) is -3.50. The van der Waals surface area contributed by atoms with Crippen LogP contribution >= 0.6 is 15.9 Å². The fourth-order valence-electron chi connectivity index (χ4n) is 2.44. The van der Waals surface area contributed by atoms with Crippen molar-refractivity contribution in [2.75, 3.05) is 11.9 Å². The number of alkyl halides is 1. The minimum atomic E-state index is -3.50. The summed E-state index contributed by atoms with van der Waals surface area (Å²) < 4.78 is 28.3. The van der Waals surface area contributed by atoms with E-state index in [9.17, 15) is 8.42 Å². The molecule has 1 rings (SSSR count). The van der Waals surface area contributed by atoms with Crippen molar-refractivity contribution >= 4 is 26.0 Å². The monoisotopic (exact) mass is 389 g/mol. The molecule has 1 aromatic rings. The summed E-state index contributed by atoms with van der Waals surface area (Å²) in [6.45, 7) is 12.9. The van der Waals surface area contributed by atoms with E-state index in [-0.39, 0.29) is 11.8 Å². The second-order valence-corrected chi connectivity index (χ2v) is 9.08. The van der Waals surface area contributed by atoms with Gasteiger partial charge in [-0.05, 0) is 34.4 Å². The summed E-state index contributed by atoms with van der Waals surface area (Å²) in [5, 5.41) is 0.602. The van der Waals surface area contributed by atoms with Gasteiger partial charge >= 0.3 is 0 Å².